The molecule has 0 heterocycles. The first-order chi connectivity index (χ1) is 1.41. The van der Waals surface area contributed by atoms with Crippen molar-refractivity contribution in [3.63, 3.8) is 0 Å². The molecule has 0 bridgehead atoms. The number of hydrogen-bond donors (Lipinski definition) is 0. The third kappa shape index (κ3) is 11.6. The van der Waals surface area contributed by atoms with Crippen molar-refractivity contribution in [2.75, 3.05) is 0 Å². The summed E-state index contributed by atoms with van der Waals surface area (Å²) < 4.78 is 0. The standard InChI is InChI=1S/FH.Mo.2S/h1H;;;/q;+1;;/p-1. The first-order valence-electron chi connectivity index (χ1n) is 0.333. The summed E-state index contributed by atoms with van der Waals surface area (Å²) in [6, 6.07) is 0. The first kappa shape index (κ1) is 8.91. The van der Waals surface area contributed by atoms with Crippen LogP contribution in [0.4, 0.5) is 0 Å². The monoisotopic (exact) mass is 181 g/mol. The molecule has 0 nitrogen and oxygen atoms in total. The second kappa shape index (κ2) is 8.96. The first-order valence-corrected chi connectivity index (χ1v) is 5.92. The molecule has 0 amide bonds. The Balaban J connectivity index is 0. The van der Waals surface area contributed by atoms with Gasteiger partial charge in [0, 0.05) is 0 Å². The van der Waals surface area contributed by atoms with E-state index in [1.54, 1.807) is 0 Å². The molecule has 0 aliphatic heterocycles. The van der Waals surface area contributed by atoms with Gasteiger partial charge in [-0.25, -0.2) is 0 Å². The van der Waals surface area contributed by atoms with E-state index in [1.165, 1.54) is 0 Å². The SMILES string of the molecule is [F-].[S]=[Mo+]=[S]. The molecule has 0 aromatic rings. The van der Waals surface area contributed by atoms with Crippen LogP contribution >= 0.6 is 19.6 Å². The van der Waals surface area contributed by atoms with Crippen LogP contribution in [0.3, 0.4) is 0 Å². The van der Waals surface area contributed by atoms with E-state index >= 15 is 0 Å². The van der Waals surface area contributed by atoms with Crippen molar-refractivity contribution in [2.45, 2.75) is 0 Å². The van der Waals surface area contributed by atoms with Crippen LogP contribution in [-0.4, -0.2) is 0 Å². The van der Waals surface area contributed by atoms with Gasteiger partial charge in [0.2, 0.25) is 0 Å². The van der Waals surface area contributed by atoms with E-state index in [9.17, 15) is 0 Å². The van der Waals surface area contributed by atoms with E-state index in [0.717, 1.165) is 0 Å². The van der Waals surface area contributed by atoms with Crippen molar-refractivity contribution in [1.29, 1.82) is 0 Å². The predicted octanol–water partition coefficient (Wildman–Crippen LogP) is -1.70. The zero-order valence-electron chi connectivity index (χ0n) is 1.60. The van der Waals surface area contributed by atoms with Gasteiger partial charge in [0.25, 0.3) is 0 Å². The van der Waals surface area contributed by atoms with Crippen molar-refractivity contribution >= 4 is 19.6 Å². The number of hydrogen-bond acceptors (Lipinski definition) is 2. The van der Waals surface area contributed by atoms with Gasteiger partial charge in [-0.05, 0) is 0 Å². The van der Waals surface area contributed by atoms with Crippen LogP contribution < -0.4 is 4.70 Å². The molecule has 0 rings (SSSR count). The Morgan fingerprint density at radius 2 is 1.25 bits per heavy atom. The van der Waals surface area contributed by atoms with Gasteiger partial charge in [-0.1, -0.05) is 0 Å². The van der Waals surface area contributed by atoms with Crippen LogP contribution in [0.1, 0.15) is 0 Å². The maximum atomic E-state index is 4.34. The van der Waals surface area contributed by atoms with E-state index in [1.807, 2.05) is 0 Å². The fourth-order valence-corrected chi connectivity index (χ4v) is 0. The van der Waals surface area contributed by atoms with Gasteiger partial charge in [-0.15, -0.1) is 0 Å². The summed E-state index contributed by atoms with van der Waals surface area (Å²) in [5.74, 6) is 0. The Bertz CT molecular complexity index is 27.0. The zero-order valence-corrected chi connectivity index (χ0v) is 5.24. The summed E-state index contributed by atoms with van der Waals surface area (Å²) in [7, 11) is 8.68. The Kier molecular flexibility index (Phi) is 20.0. The maximum absolute atomic E-state index is 4.34. The molecule has 25 valence electrons. The summed E-state index contributed by atoms with van der Waals surface area (Å²) in [4.78, 5) is 0. The van der Waals surface area contributed by atoms with Crippen LogP contribution in [0.25, 0.3) is 0 Å². The van der Waals surface area contributed by atoms with E-state index in [0.29, 0.717) is 0 Å². The summed E-state index contributed by atoms with van der Waals surface area (Å²) in [5.41, 5.74) is 0. The molecule has 0 aliphatic carbocycles. The van der Waals surface area contributed by atoms with Crippen molar-refractivity contribution < 1.29 is 19.6 Å². The zero-order chi connectivity index (χ0) is 2.71. The molecule has 0 aliphatic rings. The van der Waals surface area contributed by atoms with Gasteiger partial charge in [-0.2, -0.15) is 0 Å². The van der Waals surface area contributed by atoms with Crippen molar-refractivity contribution in [1.82, 2.24) is 0 Å². The third-order valence-electron chi connectivity index (χ3n) is 0. The van der Waals surface area contributed by atoms with Gasteiger partial charge < -0.3 is 4.70 Å². The van der Waals surface area contributed by atoms with Crippen LogP contribution in [0, 0.1) is 0 Å². The van der Waals surface area contributed by atoms with Crippen LogP contribution in [0.5, 0.6) is 0 Å². The van der Waals surface area contributed by atoms with Crippen molar-refractivity contribution in [3.8, 4) is 0 Å². The van der Waals surface area contributed by atoms with Crippen molar-refractivity contribution in [3.05, 3.63) is 0 Å². The molecule has 4 heteroatoms. The third-order valence-corrected chi connectivity index (χ3v) is 0. The minimum atomic E-state index is -0.363. The molecule has 0 spiro atoms. The topological polar surface area (TPSA) is 0 Å². The van der Waals surface area contributed by atoms with E-state index in [4.69, 9.17) is 0 Å². The fraction of sp³-hybridized carbons (Fsp3) is 0. The van der Waals surface area contributed by atoms with E-state index in [-0.39, 0.29) is 19.6 Å². The molecular weight excluding hydrogens is 179 g/mol. The molecule has 0 atom stereocenters. The predicted molar refractivity (Wildman–Crippen MR) is 15.2 cm³/mol. The fourth-order valence-electron chi connectivity index (χ4n) is 0. The molecule has 0 saturated heterocycles. The van der Waals surface area contributed by atoms with Crippen LogP contribution in [0.15, 0.2) is 0 Å². The van der Waals surface area contributed by atoms with E-state index in [2.05, 4.69) is 19.6 Å². The second-order valence-corrected chi connectivity index (χ2v) is 3.62. The van der Waals surface area contributed by atoms with Crippen molar-refractivity contribution in [2.24, 2.45) is 0 Å². The van der Waals surface area contributed by atoms with Gasteiger partial charge in [0.05, 0.1) is 0 Å². The van der Waals surface area contributed by atoms with Gasteiger partial charge >= 0.3 is 34.6 Å². The summed E-state index contributed by atoms with van der Waals surface area (Å²) in [5, 5.41) is 0. The number of rotatable bonds is 0. The quantitative estimate of drug-likeness (QED) is 0.406. The molecule has 0 aromatic carbocycles. The summed E-state index contributed by atoms with van der Waals surface area (Å²) >= 11 is -0.363. The van der Waals surface area contributed by atoms with E-state index < -0.39 is 0 Å². The molecule has 0 fully saturated rings. The molecule has 0 unspecified atom stereocenters. The van der Waals surface area contributed by atoms with Crippen LogP contribution in [-0.2, 0) is 14.9 Å². The molecular formula is FMoS2. The summed E-state index contributed by atoms with van der Waals surface area (Å²) in [6.07, 6.45) is 0. The minimum absolute atomic E-state index is 0. The average molecular weight is 179 g/mol. The Morgan fingerprint density at radius 1 is 1.25 bits per heavy atom. The van der Waals surface area contributed by atoms with Gasteiger partial charge in [0.1, 0.15) is 0 Å². The second-order valence-electron chi connectivity index (χ2n) is 0.0680. The average Bonchev–Trinajstić information content (AvgIpc) is 0.918. The molecule has 4 heavy (non-hydrogen) atoms. The Morgan fingerprint density at radius 3 is 1.25 bits per heavy atom. The molecule has 0 aromatic heterocycles. The van der Waals surface area contributed by atoms with Gasteiger partial charge in [-0.3, -0.25) is 0 Å². The number of halogens is 1. The Hall–Kier alpha value is 1.06. The van der Waals surface area contributed by atoms with Gasteiger partial charge in [0.15, 0.2) is 0 Å². The summed E-state index contributed by atoms with van der Waals surface area (Å²) in [6.45, 7) is 0. The molecule has 0 saturated carbocycles. The van der Waals surface area contributed by atoms with Crippen LogP contribution in [0.2, 0.25) is 0 Å². The molecule has 0 N–H and O–H groups in total. The normalized spacial score (nSPS) is 2.00. The molecule has 0 radical (unpaired) electrons. The Labute approximate surface area is 39.4 Å².